The third-order valence-electron chi connectivity index (χ3n) is 4.90. The van der Waals surface area contributed by atoms with Crippen LogP contribution in [-0.4, -0.2) is 0 Å². The third kappa shape index (κ3) is 5.67. The van der Waals surface area contributed by atoms with E-state index < -0.39 is 7.75 Å². The summed E-state index contributed by atoms with van der Waals surface area (Å²) in [5.41, 5.74) is 3.89. The highest BCUT2D eigenvalue weighted by molar-refractivity contribution is 7.56. The molecule has 0 heterocycles. The summed E-state index contributed by atoms with van der Waals surface area (Å²) in [6.45, 7) is 6.24. The molecule has 0 radical (unpaired) electrons. The number of para-hydroxylation sites is 2. The lowest BCUT2D eigenvalue weighted by molar-refractivity contribution is 0.389. The Morgan fingerprint density at radius 3 is 1.70 bits per heavy atom. The molecule has 1 N–H and O–H groups in total. The average Bonchev–Trinajstić information content (AvgIpc) is 2.76. The van der Waals surface area contributed by atoms with Gasteiger partial charge in [0.1, 0.15) is 11.5 Å². The number of rotatable bonds is 10. The van der Waals surface area contributed by atoms with E-state index in [9.17, 15) is 4.57 Å². The molecule has 0 amide bonds. The Labute approximate surface area is 179 Å². The molecule has 3 aromatic carbocycles. The van der Waals surface area contributed by atoms with Gasteiger partial charge in [-0.2, -0.15) is 0 Å². The summed E-state index contributed by atoms with van der Waals surface area (Å²) in [5.74, 6) is 1.12. The van der Waals surface area contributed by atoms with Gasteiger partial charge in [-0.1, -0.05) is 75.7 Å². The lowest BCUT2D eigenvalue weighted by Gasteiger charge is -2.23. The van der Waals surface area contributed by atoms with Gasteiger partial charge in [0.15, 0.2) is 0 Å². The highest BCUT2D eigenvalue weighted by atomic mass is 31.2. The zero-order chi connectivity index (χ0) is 21.4. The topological polar surface area (TPSA) is 47.6 Å². The summed E-state index contributed by atoms with van der Waals surface area (Å²) in [7, 11) is -3.75. The second kappa shape index (κ2) is 10.4. The minimum atomic E-state index is -3.75. The fourth-order valence-corrected chi connectivity index (χ4v) is 4.75. The Morgan fingerprint density at radius 1 is 0.733 bits per heavy atom. The van der Waals surface area contributed by atoms with Gasteiger partial charge >= 0.3 is 7.75 Å². The van der Waals surface area contributed by atoms with Crippen molar-refractivity contribution >= 4 is 13.4 Å². The van der Waals surface area contributed by atoms with E-state index in [-0.39, 0.29) is 0 Å². The minimum Gasteiger partial charge on any atom is -0.400 e. The Balaban J connectivity index is 1.93. The van der Waals surface area contributed by atoms with Gasteiger partial charge in [-0.15, -0.1) is 0 Å². The van der Waals surface area contributed by atoms with E-state index in [2.05, 4.69) is 12.0 Å². The molecule has 158 valence electrons. The molecule has 30 heavy (non-hydrogen) atoms. The van der Waals surface area contributed by atoms with Gasteiger partial charge in [0.25, 0.3) is 0 Å². The molecule has 4 nitrogen and oxygen atoms in total. The molecule has 0 saturated heterocycles. The SMILES string of the molecule is CCCc1ccc(NP(=O)(Oc2ccccc2CC)Oc2ccccc2CC)cc1. The maximum atomic E-state index is 13.9. The van der Waals surface area contributed by atoms with E-state index in [1.807, 2.05) is 86.6 Å². The fourth-order valence-electron chi connectivity index (χ4n) is 3.29. The van der Waals surface area contributed by atoms with E-state index in [4.69, 9.17) is 9.05 Å². The van der Waals surface area contributed by atoms with Crippen molar-refractivity contribution < 1.29 is 13.6 Å². The molecule has 3 aromatic rings. The lowest BCUT2D eigenvalue weighted by Crippen LogP contribution is -2.11. The largest absolute Gasteiger partial charge is 0.541 e. The van der Waals surface area contributed by atoms with Crippen molar-refractivity contribution in [3.8, 4) is 11.5 Å². The summed E-state index contributed by atoms with van der Waals surface area (Å²) >= 11 is 0. The van der Waals surface area contributed by atoms with E-state index in [1.54, 1.807) is 0 Å². The number of hydrogen-bond acceptors (Lipinski definition) is 3. The molecular formula is C25H30NO3P. The third-order valence-corrected chi connectivity index (χ3v) is 6.31. The van der Waals surface area contributed by atoms with Crippen molar-refractivity contribution in [3.63, 3.8) is 0 Å². The molecule has 0 aliphatic carbocycles. The van der Waals surface area contributed by atoms with Crippen LogP contribution in [0.2, 0.25) is 0 Å². The van der Waals surface area contributed by atoms with Gasteiger partial charge in [-0.25, -0.2) is 4.57 Å². The number of benzene rings is 3. The lowest BCUT2D eigenvalue weighted by atomic mass is 10.1. The van der Waals surface area contributed by atoms with Crippen LogP contribution >= 0.6 is 7.75 Å². The highest BCUT2D eigenvalue weighted by Crippen LogP contribution is 2.49. The Hall–Kier alpha value is -2.71. The first-order valence-electron chi connectivity index (χ1n) is 10.6. The number of nitrogens with one attached hydrogen (secondary N) is 1. The van der Waals surface area contributed by atoms with Gasteiger partial charge in [-0.3, -0.25) is 5.09 Å². The van der Waals surface area contributed by atoms with Crippen LogP contribution in [0.25, 0.3) is 0 Å². The number of anilines is 1. The predicted molar refractivity (Wildman–Crippen MR) is 125 cm³/mol. The monoisotopic (exact) mass is 423 g/mol. The second-order valence-corrected chi connectivity index (χ2v) is 8.75. The van der Waals surface area contributed by atoms with Gasteiger partial charge in [0.05, 0.1) is 0 Å². The van der Waals surface area contributed by atoms with E-state index in [1.165, 1.54) is 5.56 Å². The second-order valence-electron chi connectivity index (χ2n) is 7.16. The normalized spacial score (nSPS) is 11.2. The maximum Gasteiger partial charge on any atom is 0.541 e. The quantitative estimate of drug-likeness (QED) is 0.344. The predicted octanol–water partition coefficient (Wildman–Crippen LogP) is 7.44. The van der Waals surface area contributed by atoms with Crippen LogP contribution in [0, 0.1) is 0 Å². The van der Waals surface area contributed by atoms with Gasteiger partial charge in [0.2, 0.25) is 0 Å². The molecule has 5 heteroatoms. The first-order chi connectivity index (χ1) is 14.6. The van der Waals surface area contributed by atoms with Gasteiger partial charge < -0.3 is 9.05 Å². The molecular weight excluding hydrogens is 393 g/mol. The van der Waals surface area contributed by atoms with Crippen molar-refractivity contribution in [2.75, 3.05) is 5.09 Å². The Morgan fingerprint density at radius 2 is 1.23 bits per heavy atom. The molecule has 3 rings (SSSR count). The smallest absolute Gasteiger partial charge is 0.400 e. The van der Waals surface area contributed by atoms with Crippen LogP contribution in [0.4, 0.5) is 5.69 Å². The van der Waals surface area contributed by atoms with Crippen LogP contribution in [0.3, 0.4) is 0 Å². The van der Waals surface area contributed by atoms with Crippen molar-refractivity contribution in [1.29, 1.82) is 0 Å². The molecule has 0 bridgehead atoms. The van der Waals surface area contributed by atoms with Crippen LogP contribution in [0.5, 0.6) is 11.5 Å². The summed E-state index contributed by atoms with van der Waals surface area (Å²) in [5, 5.41) is 3.04. The van der Waals surface area contributed by atoms with Crippen molar-refractivity contribution in [3.05, 3.63) is 89.5 Å². The van der Waals surface area contributed by atoms with Gasteiger partial charge in [0, 0.05) is 5.69 Å². The van der Waals surface area contributed by atoms with Crippen molar-refractivity contribution in [2.24, 2.45) is 0 Å². The maximum absolute atomic E-state index is 13.9. The molecule has 0 unspecified atom stereocenters. The summed E-state index contributed by atoms with van der Waals surface area (Å²) < 4.78 is 26.0. The summed E-state index contributed by atoms with van der Waals surface area (Å²) in [6.07, 6.45) is 3.64. The number of hydrogen-bond donors (Lipinski definition) is 1. The molecule has 0 saturated carbocycles. The summed E-state index contributed by atoms with van der Waals surface area (Å²) in [4.78, 5) is 0. The minimum absolute atomic E-state index is 0.562. The average molecular weight is 423 g/mol. The van der Waals surface area contributed by atoms with Gasteiger partial charge in [-0.05, 0) is 60.2 Å². The molecule has 0 aliphatic rings. The van der Waals surface area contributed by atoms with E-state index >= 15 is 0 Å². The van der Waals surface area contributed by atoms with E-state index in [0.717, 1.165) is 36.8 Å². The van der Waals surface area contributed by atoms with Crippen LogP contribution in [0.15, 0.2) is 72.8 Å². The van der Waals surface area contributed by atoms with Crippen molar-refractivity contribution in [2.45, 2.75) is 46.5 Å². The fraction of sp³-hybridized carbons (Fsp3) is 0.280. The van der Waals surface area contributed by atoms with Crippen LogP contribution in [-0.2, 0) is 23.8 Å². The van der Waals surface area contributed by atoms with Crippen molar-refractivity contribution in [1.82, 2.24) is 0 Å². The molecule has 0 fully saturated rings. The zero-order valence-corrected chi connectivity index (χ0v) is 18.8. The molecule has 0 aromatic heterocycles. The summed E-state index contributed by atoms with van der Waals surface area (Å²) in [6, 6.07) is 23.2. The Bertz CT molecular complexity index is 948. The Kier molecular flexibility index (Phi) is 7.59. The number of aryl methyl sites for hydroxylation is 3. The van der Waals surface area contributed by atoms with E-state index in [0.29, 0.717) is 17.2 Å². The standard InChI is InChI=1S/C25H30NO3P/c1-4-11-20-16-18-23(19-17-20)26-30(27,28-24-14-9-7-12-21(24)5-2)29-25-15-10-8-13-22(25)6-3/h7-10,12-19H,4-6,11H2,1-3H3,(H,26,27). The first-order valence-corrected chi connectivity index (χ1v) is 12.1. The first kappa shape index (κ1) is 22.0. The van der Waals surface area contributed by atoms with Crippen LogP contribution < -0.4 is 14.1 Å². The molecule has 0 aliphatic heterocycles. The van der Waals surface area contributed by atoms with Crippen LogP contribution in [0.1, 0.15) is 43.9 Å². The molecule has 0 spiro atoms. The zero-order valence-electron chi connectivity index (χ0n) is 17.9. The highest BCUT2D eigenvalue weighted by Gasteiger charge is 2.30. The molecule has 0 atom stereocenters.